The molecule has 31 heavy (non-hydrogen) atoms. The van der Waals surface area contributed by atoms with E-state index in [4.69, 9.17) is 4.74 Å². The summed E-state index contributed by atoms with van der Waals surface area (Å²) in [6.45, 7) is 14.1. The molecule has 0 saturated heterocycles. The van der Waals surface area contributed by atoms with E-state index in [0.29, 0.717) is 10.8 Å². The second kappa shape index (κ2) is 8.62. The summed E-state index contributed by atoms with van der Waals surface area (Å²) in [6.07, 6.45) is 14.9. The average molecular weight is 496 g/mol. The molecule has 0 aromatic carbocycles. The summed E-state index contributed by atoms with van der Waals surface area (Å²) in [4.78, 5) is 11.5. The number of halogens is 1. The number of carbonyl (C=O) groups is 1. The Kier molecular flexibility index (Phi) is 6.70. The Balaban J connectivity index is 1.46. The summed E-state index contributed by atoms with van der Waals surface area (Å²) in [5, 5.41) is 0. The van der Waals surface area contributed by atoms with Crippen molar-refractivity contribution in [2.24, 2.45) is 46.3 Å². The lowest BCUT2D eigenvalue weighted by Crippen LogP contribution is -2.54. The van der Waals surface area contributed by atoms with Crippen molar-refractivity contribution in [2.45, 2.75) is 123 Å². The molecule has 0 aromatic rings. The highest BCUT2D eigenvalue weighted by Gasteiger charge is 2.60. The maximum Gasteiger partial charge on any atom is 0.302 e. The van der Waals surface area contributed by atoms with E-state index >= 15 is 0 Å². The maximum absolute atomic E-state index is 11.5. The lowest BCUT2D eigenvalue weighted by Gasteiger charge is -2.61. The summed E-state index contributed by atoms with van der Waals surface area (Å²) in [5.74, 6) is 5.21. The lowest BCUT2D eigenvalue weighted by atomic mass is 9.44. The fraction of sp³-hybridized carbons (Fsp3) is 0.964. The Morgan fingerprint density at radius 1 is 1.03 bits per heavy atom. The van der Waals surface area contributed by atoms with Gasteiger partial charge in [0.15, 0.2) is 0 Å². The van der Waals surface area contributed by atoms with Gasteiger partial charge in [-0.15, -0.1) is 0 Å². The molecule has 0 heterocycles. The second-order valence-electron chi connectivity index (χ2n) is 13.1. The number of hydrogen-bond acceptors (Lipinski definition) is 2. The van der Waals surface area contributed by atoms with E-state index in [1.165, 1.54) is 57.8 Å². The molecular weight excluding hydrogens is 448 g/mol. The first-order valence-electron chi connectivity index (χ1n) is 13.3. The van der Waals surface area contributed by atoms with Gasteiger partial charge in [-0.25, -0.2) is 0 Å². The van der Waals surface area contributed by atoms with Gasteiger partial charge in [-0.3, -0.25) is 4.79 Å². The number of rotatable bonds is 5. The maximum atomic E-state index is 11.5. The van der Waals surface area contributed by atoms with Crippen molar-refractivity contribution < 1.29 is 9.53 Å². The van der Waals surface area contributed by atoms with Crippen LogP contribution >= 0.6 is 15.9 Å². The van der Waals surface area contributed by atoms with Gasteiger partial charge < -0.3 is 4.74 Å². The highest BCUT2D eigenvalue weighted by atomic mass is 79.9. The van der Waals surface area contributed by atoms with Crippen LogP contribution in [0.25, 0.3) is 0 Å². The molecule has 4 rings (SSSR count). The zero-order chi connectivity index (χ0) is 22.6. The van der Waals surface area contributed by atoms with Crippen LogP contribution in [0.15, 0.2) is 0 Å². The fourth-order valence-electron chi connectivity index (χ4n) is 9.31. The summed E-state index contributed by atoms with van der Waals surface area (Å²) in [7, 11) is 0. The van der Waals surface area contributed by atoms with Crippen molar-refractivity contribution >= 4 is 21.9 Å². The van der Waals surface area contributed by atoms with Crippen molar-refractivity contribution in [3.8, 4) is 0 Å². The Morgan fingerprint density at radius 2 is 1.71 bits per heavy atom. The Bertz CT molecular complexity index is 668. The molecule has 9 atom stereocenters. The van der Waals surface area contributed by atoms with Gasteiger partial charge >= 0.3 is 5.97 Å². The minimum Gasteiger partial charge on any atom is -0.463 e. The predicted molar refractivity (Wildman–Crippen MR) is 132 cm³/mol. The summed E-state index contributed by atoms with van der Waals surface area (Å²) < 4.78 is 5.93. The number of alkyl halides is 1. The van der Waals surface area contributed by atoms with E-state index in [1.54, 1.807) is 6.92 Å². The molecule has 0 radical (unpaired) electrons. The molecule has 4 aliphatic rings. The van der Waals surface area contributed by atoms with Crippen LogP contribution in [0.2, 0.25) is 0 Å². The first-order valence-corrected chi connectivity index (χ1v) is 14.1. The third-order valence-electron chi connectivity index (χ3n) is 10.9. The van der Waals surface area contributed by atoms with E-state index in [1.807, 2.05) is 0 Å². The molecule has 178 valence electrons. The topological polar surface area (TPSA) is 26.3 Å². The first kappa shape index (κ1) is 24.1. The van der Waals surface area contributed by atoms with Crippen LogP contribution in [0, 0.1) is 46.3 Å². The van der Waals surface area contributed by atoms with Crippen LogP contribution in [-0.2, 0) is 9.53 Å². The summed E-state index contributed by atoms with van der Waals surface area (Å²) >= 11 is 3.87. The van der Waals surface area contributed by atoms with E-state index < -0.39 is 0 Å². The molecule has 0 aliphatic heterocycles. The second-order valence-corrected chi connectivity index (χ2v) is 15.3. The van der Waals surface area contributed by atoms with E-state index in [2.05, 4.69) is 50.5 Å². The number of ether oxygens (including phenoxy) is 1. The Morgan fingerprint density at radius 3 is 2.39 bits per heavy atom. The predicted octanol–water partition coefficient (Wildman–Crippen LogP) is 8.17. The van der Waals surface area contributed by atoms with Gasteiger partial charge in [0, 0.05) is 11.2 Å². The molecule has 0 N–H and O–H groups in total. The molecule has 1 unspecified atom stereocenters. The number of hydrogen-bond donors (Lipinski definition) is 0. The number of fused-ring (bicyclic) bond motifs is 5. The average Bonchev–Trinajstić information content (AvgIpc) is 3.03. The first-order chi connectivity index (χ1) is 14.4. The van der Waals surface area contributed by atoms with E-state index in [9.17, 15) is 4.79 Å². The highest BCUT2D eigenvalue weighted by Crippen LogP contribution is 2.68. The third kappa shape index (κ3) is 4.52. The monoisotopic (exact) mass is 494 g/mol. The highest BCUT2D eigenvalue weighted by molar-refractivity contribution is 9.10. The number of carbonyl (C=O) groups excluding carboxylic acids is 1. The van der Waals surface area contributed by atoms with Crippen LogP contribution in [0.5, 0.6) is 0 Å². The standard InChI is InChI=1S/C28H47BrO2/c1-18(11-14-26(3,4)29)23-9-10-24-22-8-7-20-17-21(31-19(2)30)12-15-27(20,5)25(22)13-16-28(23,24)6/h18,20-25H,7-17H2,1-6H3/t18-,20?,21-,22+,23-,24+,25+,27+,28-/m1/s1. The zero-order valence-electron chi connectivity index (χ0n) is 21.0. The van der Waals surface area contributed by atoms with Crippen LogP contribution in [-0.4, -0.2) is 16.4 Å². The van der Waals surface area contributed by atoms with Crippen LogP contribution in [0.3, 0.4) is 0 Å². The normalized spacial score (nSPS) is 45.9. The summed E-state index contributed by atoms with van der Waals surface area (Å²) in [6, 6.07) is 0. The molecule has 0 amide bonds. The molecule has 0 aromatic heterocycles. The van der Waals surface area contributed by atoms with Gasteiger partial charge in [0.1, 0.15) is 6.10 Å². The van der Waals surface area contributed by atoms with Crippen LogP contribution < -0.4 is 0 Å². The van der Waals surface area contributed by atoms with Gasteiger partial charge in [0.2, 0.25) is 0 Å². The van der Waals surface area contributed by atoms with E-state index in [0.717, 1.165) is 48.3 Å². The molecule has 2 nitrogen and oxygen atoms in total. The van der Waals surface area contributed by atoms with Crippen molar-refractivity contribution in [1.29, 1.82) is 0 Å². The molecule has 0 bridgehead atoms. The van der Waals surface area contributed by atoms with Gasteiger partial charge in [0.05, 0.1) is 0 Å². The van der Waals surface area contributed by atoms with Crippen molar-refractivity contribution in [2.75, 3.05) is 0 Å². The molecule has 3 heteroatoms. The SMILES string of the molecule is CC(=O)O[C@@H]1CC[C@@]2(C)C(CC[C@H]3[C@@H]4CC[C@H]([C@H](C)CCC(C)(C)Br)[C@@]4(C)CC[C@@H]32)C1. The minimum atomic E-state index is -0.0925. The van der Waals surface area contributed by atoms with E-state index in [-0.39, 0.29) is 16.4 Å². The van der Waals surface area contributed by atoms with Gasteiger partial charge in [-0.2, -0.15) is 0 Å². The quantitative estimate of drug-likeness (QED) is 0.284. The lowest BCUT2D eigenvalue weighted by molar-refractivity contribution is -0.160. The van der Waals surface area contributed by atoms with Gasteiger partial charge in [-0.1, -0.05) is 50.5 Å². The van der Waals surface area contributed by atoms with Crippen molar-refractivity contribution in [3.05, 3.63) is 0 Å². The fourth-order valence-corrected chi connectivity index (χ4v) is 9.54. The third-order valence-corrected chi connectivity index (χ3v) is 11.3. The van der Waals surface area contributed by atoms with Crippen LogP contribution in [0.4, 0.5) is 0 Å². The Hall–Kier alpha value is -0.0500. The van der Waals surface area contributed by atoms with Crippen molar-refractivity contribution in [3.63, 3.8) is 0 Å². The smallest absolute Gasteiger partial charge is 0.302 e. The molecule has 4 aliphatic carbocycles. The van der Waals surface area contributed by atoms with Gasteiger partial charge in [-0.05, 0) is 117 Å². The minimum absolute atomic E-state index is 0.0925. The number of esters is 1. The molecule has 4 saturated carbocycles. The van der Waals surface area contributed by atoms with Crippen molar-refractivity contribution in [1.82, 2.24) is 0 Å². The largest absolute Gasteiger partial charge is 0.463 e. The summed E-state index contributed by atoms with van der Waals surface area (Å²) in [5.41, 5.74) is 1.04. The Labute approximate surface area is 200 Å². The zero-order valence-corrected chi connectivity index (χ0v) is 22.6. The molecule has 4 fully saturated rings. The molecule has 0 spiro atoms. The molecular formula is C28H47BrO2. The van der Waals surface area contributed by atoms with Gasteiger partial charge in [0.25, 0.3) is 0 Å². The van der Waals surface area contributed by atoms with Crippen LogP contribution in [0.1, 0.15) is 112 Å².